The predicted molar refractivity (Wildman–Crippen MR) is 170 cm³/mol. The van der Waals surface area contributed by atoms with E-state index in [9.17, 15) is 24.0 Å². The van der Waals surface area contributed by atoms with E-state index in [1.54, 1.807) is 13.8 Å². The third-order valence-corrected chi connectivity index (χ3v) is 4.36. The first-order valence-corrected chi connectivity index (χ1v) is 13.7. The number of carbonyl (C=O) groups is 5. The number of hydrogen-bond donors (Lipinski definition) is 6. The van der Waals surface area contributed by atoms with Gasteiger partial charge in [-0.15, -0.1) is 0 Å². The molecule has 0 rings (SSSR count). The highest BCUT2D eigenvalue weighted by Gasteiger charge is 2.25. The van der Waals surface area contributed by atoms with Crippen LogP contribution in [-0.2, 0) is 42.9 Å². The number of ether oxygens (including phenoxy) is 4. The van der Waals surface area contributed by atoms with Gasteiger partial charge in [0.05, 0.1) is 63.4 Å². The fourth-order valence-corrected chi connectivity index (χ4v) is 1.46. The molecule has 0 aromatic carbocycles. The minimum atomic E-state index is -0.986. The maximum absolute atomic E-state index is 10.8. The van der Waals surface area contributed by atoms with Crippen LogP contribution >= 0.6 is 0 Å². The second-order valence-corrected chi connectivity index (χ2v) is 10.5. The largest absolute Gasteiger partial charge is 0.481 e. The smallest absolute Gasteiger partial charge is 0.330 e. The molecule has 0 amide bonds. The van der Waals surface area contributed by atoms with Crippen LogP contribution in [0.25, 0.3) is 0 Å². The molecule has 0 radical (unpaired) electrons. The number of carboxylic acid groups (broad SMARTS) is 3. The summed E-state index contributed by atoms with van der Waals surface area (Å²) in [6.07, 6.45) is 3.19. The van der Waals surface area contributed by atoms with Crippen LogP contribution in [-0.4, -0.2) is 118 Å². The van der Waals surface area contributed by atoms with Gasteiger partial charge in [0.25, 0.3) is 0 Å². The van der Waals surface area contributed by atoms with Crippen LogP contribution in [0.3, 0.4) is 0 Å². The Labute approximate surface area is 271 Å². The normalized spacial score (nSPS) is 11.9. The van der Waals surface area contributed by atoms with Gasteiger partial charge in [-0.1, -0.05) is 40.2 Å². The zero-order valence-corrected chi connectivity index (χ0v) is 28.0. The minimum absolute atomic E-state index is 0.0170. The molecule has 0 saturated carbocycles. The SMILES string of the molecule is C=CC(=O)O.C=CC(=O)O.C=CC(=O)OCC(C)(C)COC(=O)C=C.CC(C)(CO)C(=O)O.CC(O)COC(C)COC(C)CO. The lowest BCUT2D eigenvalue weighted by molar-refractivity contribution is -0.149. The summed E-state index contributed by atoms with van der Waals surface area (Å²) in [5, 5.41) is 49.5. The van der Waals surface area contributed by atoms with Gasteiger partial charge in [-0.05, 0) is 34.6 Å². The summed E-state index contributed by atoms with van der Waals surface area (Å²) in [6.45, 7) is 25.2. The first-order chi connectivity index (χ1) is 21.0. The number of rotatable bonds is 17. The van der Waals surface area contributed by atoms with Gasteiger partial charge in [0.15, 0.2) is 0 Å². The van der Waals surface area contributed by atoms with Crippen molar-refractivity contribution < 1.29 is 73.6 Å². The number of aliphatic hydroxyl groups excluding tert-OH is 3. The van der Waals surface area contributed by atoms with Crippen molar-refractivity contribution in [2.45, 2.75) is 66.8 Å². The number of carboxylic acids is 3. The highest BCUT2D eigenvalue weighted by molar-refractivity contribution is 5.81. The fraction of sp³-hybridized carbons (Fsp3) is 0.581. The van der Waals surface area contributed by atoms with Crippen molar-refractivity contribution in [2.24, 2.45) is 10.8 Å². The Morgan fingerprint density at radius 1 is 0.674 bits per heavy atom. The molecular weight excluding hydrogens is 612 g/mol. The highest BCUT2D eigenvalue weighted by atomic mass is 16.6. The maximum Gasteiger partial charge on any atom is 0.330 e. The van der Waals surface area contributed by atoms with Crippen LogP contribution in [0.4, 0.5) is 0 Å². The van der Waals surface area contributed by atoms with Gasteiger partial charge in [-0.2, -0.15) is 0 Å². The van der Waals surface area contributed by atoms with Gasteiger partial charge >= 0.3 is 29.8 Å². The van der Waals surface area contributed by atoms with Crippen molar-refractivity contribution in [3.05, 3.63) is 50.6 Å². The van der Waals surface area contributed by atoms with Gasteiger partial charge in [-0.25, -0.2) is 19.2 Å². The molecule has 0 aliphatic heterocycles. The van der Waals surface area contributed by atoms with Crippen molar-refractivity contribution >= 4 is 29.8 Å². The molecule has 15 nitrogen and oxygen atoms in total. The van der Waals surface area contributed by atoms with Gasteiger partial charge in [0, 0.05) is 29.7 Å². The molecule has 3 unspecified atom stereocenters. The number of aliphatic carboxylic acids is 3. The monoisotopic (exact) mass is 666 g/mol. The fourth-order valence-electron chi connectivity index (χ4n) is 1.46. The van der Waals surface area contributed by atoms with E-state index in [0.29, 0.717) is 13.2 Å². The lowest BCUT2D eigenvalue weighted by Gasteiger charge is -2.22. The van der Waals surface area contributed by atoms with Crippen LogP contribution in [0.5, 0.6) is 0 Å². The van der Waals surface area contributed by atoms with E-state index >= 15 is 0 Å². The van der Waals surface area contributed by atoms with Crippen molar-refractivity contribution in [3.8, 4) is 0 Å². The lowest BCUT2D eigenvalue weighted by atomic mass is 9.96. The third kappa shape index (κ3) is 44.5. The Kier molecular flexibility index (Phi) is 34.9. The molecule has 0 aliphatic rings. The molecular formula is C31H54O15. The minimum Gasteiger partial charge on any atom is -0.481 e. The predicted octanol–water partition coefficient (Wildman–Crippen LogP) is 2.24. The zero-order valence-electron chi connectivity index (χ0n) is 28.0. The third-order valence-electron chi connectivity index (χ3n) is 4.36. The van der Waals surface area contributed by atoms with Crippen LogP contribution in [0.2, 0.25) is 0 Å². The molecule has 3 atom stereocenters. The van der Waals surface area contributed by atoms with Crippen LogP contribution < -0.4 is 0 Å². The highest BCUT2D eigenvalue weighted by Crippen LogP contribution is 2.16. The molecule has 6 N–H and O–H groups in total. The first kappa shape index (κ1) is 51.7. The maximum atomic E-state index is 10.8. The van der Waals surface area contributed by atoms with Crippen LogP contribution in [0, 0.1) is 10.8 Å². The van der Waals surface area contributed by atoms with E-state index in [1.165, 1.54) is 13.8 Å². The molecule has 15 heteroatoms. The summed E-state index contributed by atoms with van der Waals surface area (Å²) in [5.41, 5.74) is -1.41. The van der Waals surface area contributed by atoms with Gasteiger partial charge in [-0.3, -0.25) is 4.79 Å². The summed E-state index contributed by atoms with van der Waals surface area (Å²) < 4.78 is 20.2. The van der Waals surface area contributed by atoms with E-state index < -0.39 is 46.8 Å². The molecule has 0 heterocycles. The Morgan fingerprint density at radius 2 is 1.02 bits per heavy atom. The number of esters is 2. The zero-order chi connectivity index (χ0) is 37.5. The second kappa shape index (κ2) is 31.1. The number of aliphatic hydroxyl groups is 3. The molecule has 46 heavy (non-hydrogen) atoms. The van der Waals surface area contributed by atoms with Crippen molar-refractivity contribution in [1.82, 2.24) is 0 Å². The van der Waals surface area contributed by atoms with Crippen LogP contribution in [0.15, 0.2) is 50.6 Å². The average Bonchev–Trinajstić information content (AvgIpc) is 3.01. The van der Waals surface area contributed by atoms with Gasteiger partial charge in [0.1, 0.15) is 0 Å². The summed E-state index contributed by atoms with van der Waals surface area (Å²) in [6, 6.07) is 0. The van der Waals surface area contributed by atoms with Crippen molar-refractivity contribution in [3.63, 3.8) is 0 Å². The first-order valence-electron chi connectivity index (χ1n) is 13.7. The Hall–Kier alpha value is -3.89. The summed E-state index contributed by atoms with van der Waals surface area (Å²) in [4.78, 5) is 50.2. The standard InChI is InChI=1S/C11H16O4.C9H20O4.C5H10O3.2C3H4O2/c1-5-9(12)14-7-11(3,4)8-15-10(13)6-2;1-7(11)5-12-9(3)6-13-8(2)4-10;1-5(2,3-6)4(7)8;2*1-2-3(4)5/h5-6H,1-2,7-8H2,3-4H3;7-11H,4-6H2,1-3H3;6H,3H2,1-2H3,(H,7,8);2*2H,1H2,(H,4,5). The van der Waals surface area contributed by atoms with E-state index in [1.807, 2.05) is 20.8 Å². The topological polar surface area (TPSA) is 244 Å². The second-order valence-electron chi connectivity index (χ2n) is 10.5. The molecule has 0 fully saturated rings. The molecule has 0 saturated heterocycles. The Bertz CT molecular complexity index is 864. The van der Waals surface area contributed by atoms with Gasteiger partial charge in [0.2, 0.25) is 0 Å². The van der Waals surface area contributed by atoms with Crippen LogP contribution in [0.1, 0.15) is 48.5 Å². The number of carbonyl (C=O) groups excluding carboxylic acids is 2. The van der Waals surface area contributed by atoms with Crippen molar-refractivity contribution in [2.75, 3.05) is 39.6 Å². The molecule has 0 bridgehead atoms. The Morgan fingerprint density at radius 3 is 1.24 bits per heavy atom. The molecule has 0 spiro atoms. The van der Waals surface area contributed by atoms with Gasteiger partial charge < -0.3 is 49.6 Å². The molecule has 268 valence electrons. The van der Waals surface area contributed by atoms with E-state index in [-0.39, 0.29) is 38.6 Å². The summed E-state index contributed by atoms with van der Waals surface area (Å²) >= 11 is 0. The van der Waals surface area contributed by atoms with E-state index in [4.69, 9.17) is 49.6 Å². The number of hydrogen-bond acceptors (Lipinski definition) is 12. The average molecular weight is 667 g/mol. The van der Waals surface area contributed by atoms with Crippen molar-refractivity contribution in [1.29, 1.82) is 0 Å². The van der Waals surface area contributed by atoms with E-state index in [2.05, 4.69) is 26.3 Å². The molecule has 0 aromatic heterocycles. The summed E-state index contributed by atoms with van der Waals surface area (Å²) in [7, 11) is 0. The quantitative estimate of drug-likeness (QED) is 0.0963. The lowest BCUT2D eigenvalue weighted by Crippen LogP contribution is -2.27. The summed E-state index contributed by atoms with van der Waals surface area (Å²) in [5.74, 6) is -3.91. The van der Waals surface area contributed by atoms with E-state index in [0.717, 1.165) is 24.3 Å². The Balaban J connectivity index is -0.000000163. The molecule has 0 aliphatic carbocycles. The molecule has 0 aromatic rings.